The molecular weight excluding hydrogens is 230 g/mol. The summed E-state index contributed by atoms with van der Waals surface area (Å²) in [6.45, 7) is 9.33. The van der Waals surface area contributed by atoms with Crippen molar-refractivity contribution in [2.24, 2.45) is 0 Å². The fourth-order valence-corrected chi connectivity index (χ4v) is 1.39. The normalized spacial score (nSPS) is 14.6. The molecule has 0 aliphatic carbocycles. The van der Waals surface area contributed by atoms with Crippen LogP contribution in [0.5, 0.6) is 0 Å². The van der Waals surface area contributed by atoms with E-state index in [4.69, 9.17) is 4.74 Å². The van der Waals surface area contributed by atoms with Crippen LogP contribution >= 0.6 is 0 Å². The Balaban J connectivity index is 3.69. The quantitative estimate of drug-likeness (QED) is 0.598. The number of amides is 1. The molecule has 0 heterocycles. The van der Waals surface area contributed by atoms with Crippen LogP contribution in [0, 0.1) is 0 Å². The third kappa shape index (κ3) is 8.44. The minimum absolute atomic E-state index is 0.0731. The highest BCUT2D eigenvalue weighted by molar-refractivity contribution is 5.81. The van der Waals surface area contributed by atoms with Crippen molar-refractivity contribution in [2.75, 3.05) is 40.4 Å². The molecule has 0 bridgehead atoms. The Kier molecular flexibility index (Phi) is 9.92. The Labute approximate surface area is 111 Å². The van der Waals surface area contributed by atoms with Gasteiger partial charge in [0.25, 0.3) is 0 Å². The molecule has 0 aromatic rings. The zero-order chi connectivity index (χ0) is 14.0. The summed E-state index contributed by atoms with van der Waals surface area (Å²) in [6.07, 6.45) is 0.957. The molecule has 5 nitrogen and oxygen atoms in total. The van der Waals surface area contributed by atoms with Crippen LogP contribution in [0.1, 0.15) is 27.2 Å². The molecule has 0 aliphatic heterocycles. The first-order valence-corrected chi connectivity index (χ1v) is 6.72. The molecule has 0 radical (unpaired) electrons. The lowest BCUT2D eigenvalue weighted by atomic mass is 10.2. The van der Waals surface area contributed by atoms with E-state index in [0.29, 0.717) is 0 Å². The summed E-state index contributed by atoms with van der Waals surface area (Å²) in [5.41, 5.74) is 0. The Morgan fingerprint density at radius 3 is 2.56 bits per heavy atom. The standard InChI is InChI=1S/C13H29N3O2/c1-6-11(2)15-13(17)12(3)14-7-8-16(4)9-10-18-5/h11-12,14H,6-10H2,1-5H3,(H,15,17). The monoisotopic (exact) mass is 259 g/mol. The summed E-state index contributed by atoms with van der Waals surface area (Å²) in [4.78, 5) is 13.9. The molecule has 0 saturated heterocycles. The molecule has 108 valence electrons. The topological polar surface area (TPSA) is 53.6 Å². The Hall–Kier alpha value is -0.650. The second-order valence-electron chi connectivity index (χ2n) is 4.79. The number of hydrogen-bond acceptors (Lipinski definition) is 4. The van der Waals surface area contributed by atoms with E-state index >= 15 is 0 Å². The van der Waals surface area contributed by atoms with Gasteiger partial charge in [0.1, 0.15) is 0 Å². The molecule has 0 aliphatic rings. The van der Waals surface area contributed by atoms with Crippen LogP contribution in [-0.2, 0) is 9.53 Å². The summed E-state index contributed by atoms with van der Waals surface area (Å²) in [5.74, 6) is 0.0731. The van der Waals surface area contributed by atoms with Gasteiger partial charge < -0.3 is 20.3 Å². The molecule has 18 heavy (non-hydrogen) atoms. The van der Waals surface area contributed by atoms with Gasteiger partial charge in [-0.3, -0.25) is 4.79 Å². The lowest BCUT2D eigenvalue weighted by molar-refractivity contribution is -0.123. The largest absolute Gasteiger partial charge is 0.383 e. The van der Waals surface area contributed by atoms with Crippen LogP contribution in [0.2, 0.25) is 0 Å². The van der Waals surface area contributed by atoms with Gasteiger partial charge in [-0.05, 0) is 27.3 Å². The summed E-state index contributed by atoms with van der Waals surface area (Å²) in [6, 6.07) is 0.0981. The van der Waals surface area contributed by atoms with Crippen LogP contribution in [0.3, 0.4) is 0 Å². The van der Waals surface area contributed by atoms with E-state index in [2.05, 4.69) is 22.5 Å². The maximum absolute atomic E-state index is 11.8. The zero-order valence-corrected chi connectivity index (χ0v) is 12.5. The average Bonchev–Trinajstić information content (AvgIpc) is 2.35. The van der Waals surface area contributed by atoms with Crippen molar-refractivity contribution >= 4 is 5.91 Å². The lowest BCUT2D eigenvalue weighted by Crippen LogP contribution is -2.47. The van der Waals surface area contributed by atoms with Crippen LogP contribution in [-0.4, -0.2) is 63.3 Å². The van der Waals surface area contributed by atoms with E-state index < -0.39 is 0 Å². The predicted molar refractivity (Wildman–Crippen MR) is 74.7 cm³/mol. The van der Waals surface area contributed by atoms with Crippen LogP contribution in [0.25, 0.3) is 0 Å². The fraction of sp³-hybridized carbons (Fsp3) is 0.923. The molecule has 0 saturated carbocycles. The molecule has 2 N–H and O–H groups in total. The van der Waals surface area contributed by atoms with E-state index in [1.54, 1.807) is 7.11 Å². The second kappa shape index (κ2) is 10.3. The number of likely N-dealkylation sites (N-methyl/N-ethyl adjacent to an activating group) is 1. The predicted octanol–water partition coefficient (Wildman–Crippen LogP) is 0.457. The summed E-state index contributed by atoms with van der Waals surface area (Å²) >= 11 is 0. The molecule has 5 heteroatoms. The first kappa shape index (κ1) is 17.4. The maximum atomic E-state index is 11.8. The maximum Gasteiger partial charge on any atom is 0.237 e. The first-order valence-electron chi connectivity index (χ1n) is 6.72. The van der Waals surface area contributed by atoms with E-state index in [-0.39, 0.29) is 18.0 Å². The van der Waals surface area contributed by atoms with E-state index in [1.165, 1.54) is 0 Å². The zero-order valence-electron chi connectivity index (χ0n) is 12.5. The number of rotatable bonds is 10. The highest BCUT2D eigenvalue weighted by Crippen LogP contribution is 1.90. The Morgan fingerprint density at radius 2 is 2.00 bits per heavy atom. The molecule has 2 atom stereocenters. The van der Waals surface area contributed by atoms with Gasteiger partial charge in [0, 0.05) is 32.8 Å². The number of nitrogens with zero attached hydrogens (tertiary/aromatic N) is 1. The number of ether oxygens (including phenoxy) is 1. The SMILES string of the molecule is CCC(C)NC(=O)C(C)NCCN(C)CCOC. The Bertz CT molecular complexity index is 224. The van der Waals surface area contributed by atoms with E-state index in [9.17, 15) is 4.79 Å². The number of methoxy groups -OCH3 is 1. The molecule has 0 aromatic heterocycles. The third-order valence-electron chi connectivity index (χ3n) is 3.02. The minimum Gasteiger partial charge on any atom is -0.383 e. The summed E-state index contributed by atoms with van der Waals surface area (Å²) < 4.78 is 5.01. The molecule has 0 spiro atoms. The number of hydrogen-bond donors (Lipinski definition) is 2. The molecule has 2 unspecified atom stereocenters. The van der Waals surface area contributed by atoms with Crippen molar-refractivity contribution in [3.63, 3.8) is 0 Å². The minimum atomic E-state index is -0.144. The van der Waals surface area contributed by atoms with Crippen LogP contribution in [0.4, 0.5) is 0 Å². The fourth-order valence-electron chi connectivity index (χ4n) is 1.39. The highest BCUT2D eigenvalue weighted by atomic mass is 16.5. The van der Waals surface area contributed by atoms with E-state index in [0.717, 1.165) is 32.7 Å². The number of nitrogens with one attached hydrogen (secondary N) is 2. The van der Waals surface area contributed by atoms with Crippen molar-refractivity contribution in [2.45, 2.75) is 39.3 Å². The van der Waals surface area contributed by atoms with Gasteiger partial charge in [-0.25, -0.2) is 0 Å². The third-order valence-corrected chi connectivity index (χ3v) is 3.02. The van der Waals surface area contributed by atoms with Crippen LogP contribution < -0.4 is 10.6 Å². The molecule has 0 rings (SSSR count). The molecular formula is C13H29N3O2. The van der Waals surface area contributed by atoms with Crippen molar-refractivity contribution in [3.8, 4) is 0 Å². The Morgan fingerprint density at radius 1 is 1.33 bits per heavy atom. The van der Waals surface area contributed by atoms with E-state index in [1.807, 2.05) is 20.9 Å². The van der Waals surface area contributed by atoms with Gasteiger partial charge >= 0.3 is 0 Å². The highest BCUT2D eigenvalue weighted by Gasteiger charge is 2.13. The number of carbonyl (C=O) groups excluding carboxylic acids is 1. The first-order chi connectivity index (χ1) is 8.51. The van der Waals surface area contributed by atoms with Crippen molar-refractivity contribution < 1.29 is 9.53 Å². The summed E-state index contributed by atoms with van der Waals surface area (Å²) in [7, 11) is 3.75. The van der Waals surface area contributed by atoms with Gasteiger partial charge in [-0.15, -0.1) is 0 Å². The van der Waals surface area contributed by atoms with Gasteiger partial charge in [-0.2, -0.15) is 0 Å². The van der Waals surface area contributed by atoms with Gasteiger partial charge in [0.15, 0.2) is 0 Å². The lowest BCUT2D eigenvalue weighted by Gasteiger charge is -2.20. The van der Waals surface area contributed by atoms with Gasteiger partial charge in [-0.1, -0.05) is 6.92 Å². The second-order valence-corrected chi connectivity index (χ2v) is 4.79. The average molecular weight is 259 g/mol. The van der Waals surface area contributed by atoms with Crippen molar-refractivity contribution in [1.82, 2.24) is 15.5 Å². The molecule has 1 amide bonds. The van der Waals surface area contributed by atoms with Crippen LogP contribution in [0.15, 0.2) is 0 Å². The van der Waals surface area contributed by atoms with Crippen molar-refractivity contribution in [3.05, 3.63) is 0 Å². The molecule has 0 fully saturated rings. The number of carbonyl (C=O) groups is 1. The van der Waals surface area contributed by atoms with Gasteiger partial charge in [0.05, 0.1) is 12.6 Å². The van der Waals surface area contributed by atoms with Crippen molar-refractivity contribution in [1.29, 1.82) is 0 Å². The smallest absolute Gasteiger partial charge is 0.237 e. The van der Waals surface area contributed by atoms with Gasteiger partial charge in [0.2, 0.25) is 5.91 Å². The summed E-state index contributed by atoms with van der Waals surface area (Å²) in [5, 5.41) is 6.19. The molecule has 0 aromatic carbocycles.